The summed E-state index contributed by atoms with van der Waals surface area (Å²) in [6.07, 6.45) is -0.857. The molecule has 35 heavy (non-hydrogen) atoms. The number of benzene rings is 2. The number of thiophene rings is 1. The smallest absolute Gasteiger partial charge is 0.412 e. The van der Waals surface area contributed by atoms with Crippen LogP contribution in [0.2, 0.25) is 0 Å². The molecule has 10 nitrogen and oxygen atoms in total. The summed E-state index contributed by atoms with van der Waals surface area (Å²) in [5.41, 5.74) is 3.92. The predicted molar refractivity (Wildman–Crippen MR) is 125 cm³/mol. The standard InChI is InChI=1S/C24H18N4O6S/c29-22(25-19(23(30)31)18-10-5-11-35-18)20-21(28-34-27-20)26-24(32)33-12-17-15-8-3-1-6-13(15)14-7-2-4-9-16(14)17/h1-11,17,19H,12H2,(H,25,29)(H,30,31)(H,26,28,32). The number of anilines is 1. The van der Waals surface area contributed by atoms with E-state index in [1.807, 2.05) is 48.5 Å². The van der Waals surface area contributed by atoms with Crippen LogP contribution in [0.5, 0.6) is 0 Å². The fraction of sp³-hybridized carbons (Fsp3) is 0.125. The molecule has 3 N–H and O–H groups in total. The maximum Gasteiger partial charge on any atom is 0.412 e. The number of rotatable bonds is 7. The topological polar surface area (TPSA) is 144 Å². The maximum absolute atomic E-state index is 12.6. The quantitative estimate of drug-likeness (QED) is 0.352. The molecule has 1 aliphatic carbocycles. The van der Waals surface area contributed by atoms with Gasteiger partial charge in [-0.05, 0) is 44.0 Å². The van der Waals surface area contributed by atoms with Crippen LogP contribution in [0.25, 0.3) is 11.1 Å². The van der Waals surface area contributed by atoms with Crippen molar-refractivity contribution in [2.45, 2.75) is 12.0 Å². The highest BCUT2D eigenvalue weighted by Gasteiger charge is 2.30. The molecule has 0 aliphatic heterocycles. The molecule has 2 aromatic carbocycles. The van der Waals surface area contributed by atoms with Gasteiger partial charge in [-0.3, -0.25) is 10.1 Å². The zero-order chi connectivity index (χ0) is 24.4. The molecule has 0 saturated heterocycles. The number of nitrogens with zero attached hydrogens (tertiary/aromatic N) is 2. The number of fused-ring (bicyclic) bond motifs is 3. The Bertz CT molecular complexity index is 1360. The highest BCUT2D eigenvalue weighted by molar-refractivity contribution is 7.10. The molecular formula is C24H18N4O6S. The van der Waals surface area contributed by atoms with E-state index >= 15 is 0 Å². The minimum absolute atomic E-state index is 0.0616. The molecule has 1 unspecified atom stereocenters. The summed E-state index contributed by atoms with van der Waals surface area (Å²) in [5.74, 6) is -2.55. The molecule has 4 aromatic rings. The zero-order valence-corrected chi connectivity index (χ0v) is 18.8. The second-order valence-corrected chi connectivity index (χ2v) is 8.65. The van der Waals surface area contributed by atoms with Crippen LogP contribution in [0, 0.1) is 0 Å². The van der Waals surface area contributed by atoms with E-state index in [-0.39, 0.29) is 24.0 Å². The number of nitrogens with one attached hydrogen (secondary N) is 2. The highest BCUT2D eigenvalue weighted by atomic mass is 32.1. The lowest BCUT2D eigenvalue weighted by Gasteiger charge is -2.14. The van der Waals surface area contributed by atoms with Crippen molar-refractivity contribution in [2.24, 2.45) is 0 Å². The van der Waals surface area contributed by atoms with Crippen LogP contribution < -0.4 is 10.6 Å². The molecule has 0 spiro atoms. The monoisotopic (exact) mass is 490 g/mol. The molecule has 176 valence electrons. The fourth-order valence-corrected chi connectivity index (χ4v) is 4.83. The maximum atomic E-state index is 12.6. The van der Waals surface area contributed by atoms with E-state index in [2.05, 4.69) is 25.6 Å². The number of carboxylic acid groups (broad SMARTS) is 1. The number of carboxylic acids is 1. The number of hydrogen-bond acceptors (Lipinski definition) is 8. The molecule has 2 heterocycles. The number of ether oxygens (including phenoxy) is 1. The van der Waals surface area contributed by atoms with Crippen molar-refractivity contribution in [1.29, 1.82) is 0 Å². The van der Waals surface area contributed by atoms with Gasteiger partial charge in [0, 0.05) is 10.8 Å². The van der Waals surface area contributed by atoms with Gasteiger partial charge in [0.25, 0.3) is 5.91 Å². The fourth-order valence-electron chi connectivity index (χ4n) is 4.06. The van der Waals surface area contributed by atoms with Crippen molar-refractivity contribution in [1.82, 2.24) is 15.6 Å². The Morgan fingerprint density at radius 3 is 2.31 bits per heavy atom. The van der Waals surface area contributed by atoms with Gasteiger partial charge in [0.15, 0.2) is 6.04 Å². The Hall–Kier alpha value is -4.51. The first-order valence-corrected chi connectivity index (χ1v) is 11.4. The van der Waals surface area contributed by atoms with Crippen molar-refractivity contribution in [2.75, 3.05) is 11.9 Å². The first-order chi connectivity index (χ1) is 17.0. The number of aliphatic carboxylic acids is 1. The molecule has 0 fully saturated rings. The summed E-state index contributed by atoms with van der Waals surface area (Å²) in [4.78, 5) is 37.2. The van der Waals surface area contributed by atoms with E-state index in [0.29, 0.717) is 4.88 Å². The lowest BCUT2D eigenvalue weighted by molar-refractivity contribution is -0.139. The second-order valence-electron chi connectivity index (χ2n) is 7.67. The van der Waals surface area contributed by atoms with Crippen molar-refractivity contribution in [3.63, 3.8) is 0 Å². The van der Waals surface area contributed by atoms with Crippen LogP contribution in [-0.4, -0.2) is 40.0 Å². The molecule has 1 atom stereocenters. The SMILES string of the molecule is O=C(Nc1nonc1C(=O)NC(C(=O)O)c1cccs1)OCC1c2ccccc2-c2ccccc21. The molecule has 0 bridgehead atoms. The molecule has 11 heteroatoms. The Kier molecular flexibility index (Phi) is 5.98. The number of carbonyl (C=O) groups excluding carboxylic acids is 2. The molecule has 0 radical (unpaired) electrons. The van der Waals surface area contributed by atoms with Gasteiger partial charge < -0.3 is 15.2 Å². The third kappa shape index (κ3) is 4.36. The normalized spacial score (nSPS) is 12.9. The van der Waals surface area contributed by atoms with E-state index in [4.69, 9.17) is 4.74 Å². The van der Waals surface area contributed by atoms with Crippen LogP contribution in [-0.2, 0) is 9.53 Å². The van der Waals surface area contributed by atoms with Crippen LogP contribution in [0.15, 0.2) is 70.7 Å². The van der Waals surface area contributed by atoms with E-state index in [1.165, 1.54) is 11.3 Å². The van der Waals surface area contributed by atoms with Gasteiger partial charge in [-0.1, -0.05) is 54.6 Å². The summed E-state index contributed by atoms with van der Waals surface area (Å²) in [5, 5.41) is 22.9. The molecule has 2 aromatic heterocycles. The number of carbonyl (C=O) groups is 3. The first-order valence-electron chi connectivity index (χ1n) is 10.5. The van der Waals surface area contributed by atoms with E-state index < -0.39 is 24.0 Å². The number of amides is 2. The average molecular weight is 490 g/mol. The minimum atomic E-state index is -1.29. The highest BCUT2D eigenvalue weighted by Crippen LogP contribution is 2.44. The molecule has 0 saturated carbocycles. The van der Waals surface area contributed by atoms with Gasteiger partial charge in [0.2, 0.25) is 11.5 Å². The van der Waals surface area contributed by atoms with Gasteiger partial charge in [-0.25, -0.2) is 14.2 Å². The number of hydrogen-bond donors (Lipinski definition) is 3. The first kappa shape index (κ1) is 22.3. The number of aromatic nitrogens is 2. The molecule has 2 amide bonds. The van der Waals surface area contributed by atoms with Gasteiger partial charge in [0.1, 0.15) is 6.61 Å². The Morgan fingerprint density at radius 2 is 1.69 bits per heavy atom. The van der Waals surface area contributed by atoms with E-state index in [1.54, 1.807) is 17.5 Å². The summed E-state index contributed by atoms with van der Waals surface area (Å²) < 4.78 is 10.0. The van der Waals surface area contributed by atoms with Crippen LogP contribution in [0.4, 0.5) is 10.6 Å². The van der Waals surface area contributed by atoms with Crippen molar-refractivity contribution in [3.8, 4) is 11.1 Å². The van der Waals surface area contributed by atoms with Crippen LogP contribution in [0.3, 0.4) is 0 Å². The summed E-state index contributed by atoms with van der Waals surface area (Å²) in [6.45, 7) is 0.0616. The van der Waals surface area contributed by atoms with Crippen LogP contribution >= 0.6 is 11.3 Å². The minimum Gasteiger partial charge on any atom is -0.479 e. The van der Waals surface area contributed by atoms with Crippen molar-refractivity contribution >= 4 is 35.1 Å². The summed E-state index contributed by atoms with van der Waals surface area (Å²) in [7, 11) is 0. The van der Waals surface area contributed by atoms with Crippen LogP contribution in [0.1, 0.15) is 38.5 Å². The third-order valence-electron chi connectivity index (χ3n) is 5.62. The molecule has 1 aliphatic rings. The molecular weight excluding hydrogens is 472 g/mol. The summed E-state index contributed by atoms with van der Waals surface area (Å²) >= 11 is 1.18. The van der Waals surface area contributed by atoms with Gasteiger partial charge in [-0.2, -0.15) is 0 Å². The van der Waals surface area contributed by atoms with Gasteiger partial charge >= 0.3 is 12.1 Å². The lowest BCUT2D eigenvalue weighted by Crippen LogP contribution is -2.34. The zero-order valence-electron chi connectivity index (χ0n) is 18.0. The lowest BCUT2D eigenvalue weighted by atomic mass is 9.98. The largest absolute Gasteiger partial charge is 0.479 e. The van der Waals surface area contributed by atoms with E-state index in [0.717, 1.165) is 22.3 Å². The van der Waals surface area contributed by atoms with Crippen molar-refractivity contribution < 1.29 is 28.9 Å². The van der Waals surface area contributed by atoms with Gasteiger partial charge in [0.05, 0.1) is 0 Å². The Balaban J connectivity index is 1.26. The second kappa shape index (κ2) is 9.39. The van der Waals surface area contributed by atoms with E-state index in [9.17, 15) is 19.5 Å². The summed E-state index contributed by atoms with van der Waals surface area (Å²) in [6, 6.07) is 17.8. The van der Waals surface area contributed by atoms with Crippen molar-refractivity contribution in [3.05, 3.63) is 87.7 Å². The predicted octanol–water partition coefficient (Wildman–Crippen LogP) is 4.05. The van der Waals surface area contributed by atoms with Gasteiger partial charge in [-0.15, -0.1) is 11.3 Å². The third-order valence-corrected chi connectivity index (χ3v) is 6.55. The Morgan fingerprint density at radius 1 is 1.00 bits per heavy atom. The average Bonchev–Trinajstić information content (AvgIpc) is 3.61. The Labute approximate surface area is 202 Å². The molecule has 5 rings (SSSR count).